The molecule has 2 amide bonds. The summed E-state index contributed by atoms with van der Waals surface area (Å²) in [5.74, 6) is 1.83. The number of ether oxygens (including phenoxy) is 1. The number of para-hydroxylation sites is 1. The lowest BCUT2D eigenvalue weighted by Crippen LogP contribution is -2.50. The topological polar surface area (TPSA) is 98.5 Å². The molecule has 2 aromatic carbocycles. The third-order valence-corrected chi connectivity index (χ3v) is 3.96. The van der Waals surface area contributed by atoms with Crippen LogP contribution in [0.2, 0.25) is 0 Å². The van der Waals surface area contributed by atoms with E-state index in [0.717, 1.165) is 5.75 Å². The monoisotopic (exact) mass is 337 g/mol. The van der Waals surface area contributed by atoms with Gasteiger partial charge in [0.25, 0.3) is 0 Å². The number of benzene rings is 2. The summed E-state index contributed by atoms with van der Waals surface area (Å²) in [7, 11) is 0. The number of hydrogen-bond acceptors (Lipinski definition) is 6. The predicted molar refractivity (Wildman–Crippen MR) is 92.4 cm³/mol. The van der Waals surface area contributed by atoms with Crippen LogP contribution in [0.4, 0.5) is 10.5 Å². The summed E-state index contributed by atoms with van der Waals surface area (Å²) in [4.78, 5) is 21.9. The predicted octanol–water partition coefficient (Wildman–Crippen LogP) is 2.12. The lowest BCUT2D eigenvalue weighted by Gasteiger charge is -2.28. The molecule has 0 aliphatic carbocycles. The maximum atomic E-state index is 12.3. The van der Waals surface area contributed by atoms with Crippen molar-refractivity contribution in [1.82, 2.24) is 10.8 Å². The van der Waals surface area contributed by atoms with Crippen molar-refractivity contribution in [2.45, 2.75) is 12.2 Å². The molecular weight excluding hydrogens is 322 g/mol. The molecule has 2 aliphatic rings. The first kappa shape index (κ1) is 15.3. The van der Waals surface area contributed by atoms with Crippen LogP contribution >= 0.6 is 0 Å². The molecule has 25 heavy (non-hydrogen) atoms. The number of hydroxylamine groups is 1. The number of carbonyl (C=O) groups excluding carboxylic acids is 1. The number of nitrogens with zero attached hydrogens (tertiary/aromatic N) is 3. The van der Waals surface area contributed by atoms with Crippen LogP contribution < -0.4 is 20.4 Å². The Bertz CT molecular complexity index is 835. The highest BCUT2D eigenvalue weighted by Gasteiger charge is 2.43. The van der Waals surface area contributed by atoms with Crippen LogP contribution in [0, 0.1) is 0 Å². The zero-order valence-corrected chi connectivity index (χ0v) is 13.0. The Balaban J connectivity index is 1.58. The van der Waals surface area contributed by atoms with Crippen molar-refractivity contribution in [3.05, 3.63) is 54.6 Å². The molecule has 0 radical (unpaired) electrons. The Morgan fingerprint density at radius 2 is 1.80 bits per heavy atom. The molecule has 8 heteroatoms. The number of amidine groups is 1. The quantitative estimate of drug-likeness (QED) is 0.744. The molecule has 0 aromatic heterocycles. The van der Waals surface area contributed by atoms with Crippen molar-refractivity contribution in [2.24, 2.45) is 9.98 Å². The van der Waals surface area contributed by atoms with E-state index < -0.39 is 12.2 Å². The van der Waals surface area contributed by atoms with Gasteiger partial charge in [-0.25, -0.2) is 14.8 Å². The van der Waals surface area contributed by atoms with E-state index in [1.54, 1.807) is 24.3 Å². The van der Waals surface area contributed by atoms with Crippen LogP contribution in [0.5, 0.6) is 11.5 Å². The van der Waals surface area contributed by atoms with E-state index in [-0.39, 0.29) is 6.03 Å². The minimum absolute atomic E-state index is 0.328. The average Bonchev–Trinajstić information content (AvgIpc) is 2.99. The molecule has 2 atom stereocenters. The second-order valence-electron chi connectivity index (χ2n) is 5.51. The Morgan fingerprint density at radius 3 is 2.52 bits per heavy atom. The van der Waals surface area contributed by atoms with Gasteiger partial charge in [0.2, 0.25) is 0 Å². The van der Waals surface area contributed by atoms with Crippen molar-refractivity contribution in [2.75, 3.05) is 4.90 Å². The highest BCUT2D eigenvalue weighted by Crippen LogP contribution is 2.28. The number of urea groups is 1. The summed E-state index contributed by atoms with van der Waals surface area (Å²) in [6, 6.07) is 15.7. The summed E-state index contributed by atoms with van der Waals surface area (Å²) in [6.45, 7) is 0. The van der Waals surface area contributed by atoms with E-state index in [2.05, 4.69) is 20.8 Å². The van der Waals surface area contributed by atoms with Gasteiger partial charge in [0.15, 0.2) is 6.17 Å². The Morgan fingerprint density at radius 1 is 1.08 bits per heavy atom. The standard InChI is InChI=1S/C17H15N5O3/c23-17-20-15-14(16(21-24)19-10-18-15)22(17)11-6-8-13(9-7-11)25-12-4-2-1-3-5-12/h1-10,14,16,21,24H,(H,18,19,20,23). The average molecular weight is 337 g/mol. The van der Waals surface area contributed by atoms with Crippen LogP contribution in [0.15, 0.2) is 64.6 Å². The van der Waals surface area contributed by atoms with Gasteiger partial charge in [-0.1, -0.05) is 18.2 Å². The van der Waals surface area contributed by atoms with Crippen LogP contribution in [-0.2, 0) is 0 Å². The van der Waals surface area contributed by atoms with Gasteiger partial charge < -0.3 is 9.94 Å². The summed E-state index contributed by atoms with van der Waals surface area (Å²) in [6.07, 6.45) is 0.618. The largest absolute Gasteiger partial charge is 0.457 e. The lowest BCUT2D eigenvalue weighted by atomic mass is 10.1. The molecule has 2 heterocycles. The van der Waals surface area contributed by atoms with Crippen molar-refractivity contribution < 1.29 is 14.7 Å². The Labute approximate surface area is 143 Å². The minimum atomic E-state index is -0.688. The maximum absolute atomic E-state index is 12.3. The number of rotatable bonds is 4. The Hall–Kier alpha value is -3.23. The van der Waals surface area contributed by atoms with E-state index >= 15 is 0 Å². The molecule has 126 valence electrons. The Kier molecular flexibility index (Phi) is 3.88. The van der Waals surface area contributed by atoms with Crippen molar-refractivity contribution in [3.63, 3.8) is 0 Å². The first-order valence-corrected chi connectivity index (χ1v) is 7.68. The summed E-state index contributed by atoms with van der Waals surface area (Å²) < 4.78 is 5.75. The van der Waals surface area contributed by atoms with E-state index in [1.807, 2.05) is 30.3 Å². The number of anilines is 1. The number of fused-ring (bicyclic) bond motifs is 1. The molecule has 1 saturated heterocycles. The van der Waals surface area contributed by atoms with Crippen molar-refractivity contribution in [3.8, 4) is 11.5 Å². The van der Waals surface area contributed by atoms with Gasteiger partial charge in [-0.15, -0.1) is 0 Å². The molecule has 1 fully saturated rings. The minimum Gasteiger partial charge on any atom is -0.457 e. The molecule has 0 bridgehead atoms. The van der Waals surface area contributed by atoms with Gasteiger partial charge in [-0.3, -0.25) is 10.2 Å². The van der Waals surface area contributed by atoms with E-state index in [1.165, 1.54) is 11.2 Å². The zero-order valence-electron chi connectivity index (χ0n) is 13.0. The number of amides is 2. The number of aliphatic imine (C=N–C) groups is 2. The second kappa shape index (κ2) is 6.34. The third kappa shape index (κ3) is 2.84. The molecule has 4 rings (SSSR count). The molecule has 2 aromatic rings. The van der Waals surface area contributed by atoms with Crippen LogP contribution in [0.3, 0.4) is 0 Å². The number of nitrogens with one attached hydrogen (secondary N) is 2. The number of hydrogen-bond donors (Lipinski definition) is 3. The highest BCUT2D eigenvalue weighted by molar-refractivity contribution is 6.18. The molecule has 2 aliphatic heterocycles. The van der Waals surface area contributed by atoms with Gasteiger partial charge in [0.05, 0.1) is 0 Å². The normalized spacial score (nSPS) is 21.6. The number of carbonyl (C=O) groups is 1. The van der Waals surface area contributed by atoms with Gasteiger partial charge in [-0.2, -0.15) is 5.48 Å². The first-order chi connectivity index (χ1) is 12.3. The maximum Gasteiger partial charge on any atom is 0.328 e. The molecule has 3 N–H and O–H groups in total. The molecule has 0 saturated carbocycles. The molecule has 8 nitrogen and oxygen atoms in total. The van der Waals surface area contributed by atoms with Gasteiger partial charge in [-0.05, 0) is 36.4 Å². The van der Waals surface area contributed by atoms with Crippen molar-refractivity contribution >= 4 is 23.9 Å². The lowest BCUT2D eigenvalue weighted by molar-refractivity contribution is 0.125. The molecule has 2 unspecified atom stereocenters. The van der Waals surface area contributed by atoms with Gasteiger partial charge in [0.1, 0.15) is 29.7 Å². The van der Waals surface area contributed by atoms with Crippen LogP contribution in [0.1, 0.15) is 0 Å². The molecule has 0 spiro atoms. The summed E-state index contributed by atoms with van der Waals surface area (Å²) in [5, 5.41) is 12.0. The SMILES string of the molecule is O=C1NC2=NC=NC(NO)C2N1c1ccc(Oc2ccccc2)cc1. The first-order valence-electron chi connectivity index (χ1n) is 7.68. The van der Waals surface area contributed by atoms with E-state index in [0.29, 0.717) is 17.3 Å². The molecular formula is C17H15N5O3. The van der Waals surface area contributed by atoms with Gasteiger partial charge in [0, 0.05) is 5.69 Å². The van der Waals surface area contributed by atoms with E-state index in [9.17, 15) is 10.0 Å². The second-order valence-corrected chi connectivity index (χ2v) is 5.51. The van der Waals surface area contributed by atoms with Crippen LogP contribution in [-0.4, -0.2) is 35.6 Å². The van der Waals surface area contributed by atoms with E-state index in [4.69, 9.17) is 4.74 Å². The fraction of sp³-hybridized carbons (Fsp3) is 0.118. The summed E-state index contributed by atoms with van der Waals surface area (Å²) in [5.41, 5.74) is 2.75. The van der Waals surface area contributed by atoms with Crippen LogP contribution in [0.25, 0.3) is 0 Å². The van der Waals surface area contributed by atoms with Crippen molar-refractivity contribution in [1.29, 1.82) is 0 Å². The zero-order chi connectivity index (χ0) is 17.2. The fourth-order valence-corrected chi connectivity index (χ4v) is 2.82. The third-order valence-electron chi connectivity index (χ3n) is 3.96. The fourth-order valence-electron chi connectivity index (χ4n) is 2.82. The highest BCUT2D eigenvalue weighted by atomic mass is 16.5. The van der Waals surface area contributed by atoms with Gasteiger partial charge >= 0.3 is 6.03 Å². The smallest absolute Gasteiger partial charge is 0.328 e. The summed E-state index contributed by atoms with van der Waals surface area (Å²) >= 11 is 0.